The lowest BCUT2D eigenvalue weighted by Crippen LogP contribution is -2.54. The molecule has 0 spiro atoms. The smallest absolute Gasteiger partial charge is 0.273 e. The number of barbiturate groups is 1. The van der Waals surface area contributed by atoms with E-state index in [2.05, 4.69) is 5.32 Å². The molecule has 1 aliphatic rings. The molecule has 166 valence electrons. The number of rotatable bonds is 4. The predicted octanol–water partition coefficient (Wildman–Crippen LogP) is 5.87. The first-order chi connectivity index (χ1) is 15.7. The number of aryl methyl sites for hydroxylation is 2. The number of carbonyl (C=O) groups excluding carboxylic acids is 3. The number of urea groups is 1. The molecule has 1 saturated heterocycles. The summed E-state index contributed by atoms with van der Waals surface area (Å²) < 4.78 is 0. The van der Waals surface area contributed by atoms with E-state index in [1.807, 2.05) is 49.4 Å². The SMILES string of the molecule is Cc1ccc(C)c(N2C(=O)NC(=O)/C(=C\c3ccc(Cc4ccccc4Cl)c(Cl)c3)C2=O)c1. The van der Waals surface area contributed by atoms with Gasteiger partial charge in [-0.25, -0.2) is 9.69 Å². The summed E-state index contributed by atoms with van der Waals surface area (Å²) in [5.41, 5.74) is 4.28. The number of anilines is 1. The Morgan fingerprint density at radius 3 is 2.33 bits per heavy atom. The third-order valence-corrected chi connectivity index (χ3v) is 6.15. The second-order valence-electron chi connectivity index (χ2n) is 7.87. The number of halogens is 2. The summed E-state index contributed by atoms with van der Waals surface area (Å²) in [6.45, 7) is 3.66. The Morgan fingerprint density at radius 1 is 0.879 bits per heavy atom. The van der Waals surface area contributed by atoms with Crippen LogP contribution < -0.4 is 10.2 Å². The second kappa shape index (κ2) is 9.22. The summed E-state index contributed by atoms with van der Waals surface area (Å²) in [7, 11) is 0. The van der Waals surface area contributed by atoms with E-state index in [4.69, 9.17) is 23.2 Å². The molecule has 4 amide bonds. The molecule has 7 heteroatoms. The van der Waals surface area contributed by atoms with Crippen LogP contribution in [0, 0.1) is 13.8 Å². The highest BCUT2D eigenvalue weighted by atomic mass is 35.5. The predicted molar refractivity (Wildman–Crippen MR) is 131 cm³/mol. The molecular formula is C26H20Cl2N2O3. The Balaban J connectivity index is 1.66. The molecule has 5 nitrogen and oxygen atoms in total. The molecule has 3 aromatic rings. The molecule has 0 aliphatic carbocycles. The number of benzene rings is 3. The fourth-order valence-corrected chi connectivity index (χ4v) is 4.11. The quantitative estimate of drug-likeness (QED) is 0.376. The lowest BCUT2D eigenvalue weighted by Gasteiger charge is -2.27. The van der Waals surface area contributed by atoms with Gasteiger partial charge in [0.25, 0.3) is 11.8 Å². The molecule has 1 fully saturated rings. The minimum Gasteiger partial charge on any atom is -0.273 e. The standard InChI is InChI=1S/C26H20Cl2N2O3/c1-15-7-8-16(2)23(11-15)30-25(32)20(24(31)29-26(30)33)12-17-9-10-19(22(28)13-17)14-18-5-3-4-6-21(18)27/h3-13H,14H2,1-2H3,(H,29,31,33)/b20-12+. The maximum absolute atomic E-state index is 13.2. The summed E-state index contributed by atoms with van der Waals surface area (Å²) in [5, 5.41) is 3.39. The van der Waals surface area contributed by atoms with Crippen molar-refractivity contribution in [3.8, 4) is 0 Å². The number of hydrogen-bond donors (Lipinski definition) is 1. The van der Waals surface area contributed by atoms with Crippen molar-refractivity contribution in [1.29, 1.82) is 0 Å². The van der Waals surface area contributed by atoms with Crippen LogP contribution in [0.3, 0.4) is 0 Å². The Morgan fingerprint density at radius 2 is 1.61 bits per heavy atom. The molecule has 1 heterocycles. The monoisotopic (exact) mass is 478 g/mol. The van der Waals surface area contributed by atoms with E-state index < -0.39 is 17.8 Å². The number of nitrogens with one attached hydrogen (secondary N) is 1. The molecule has 1 N–H and O–H groups in total. The lowest BCUT2D eigenvalue weighted by molar-refractivity contribution is -0.122. The average Bonchev–Trinajstić information content (AvgIpc) is 2.76. The van der Waals surface area contributed by atoms with Gasteiger partial charge in [-0.1, -0.05) is 65.7 Å². The third kappa shape index (κ3) is 4.70. The fourth-order valence-electron chi connectivity index (χ4n) is 3.65. The van der Waals surface area contributed by atoms with E-state index in [0.717, 1.165) is 27.2 Å². The van der Waals surface area contributed by atoms with E-state index >= 15 is 0 Å². The molecule has 0 atom stereocenters. The maximum Gasteiger partial charge on any atom is 0.335 e. The second-order valence-corrected chi connectivity index (χ2v) is 8.68. The minimum absolute atomic E-state index is 0.148. The van der Waals surface area contributed by atoms with Gasteiger partial charge in [0.15, 0.2) is 0 Å². The van der Waals surface area contributed by atoms with Crippen LogP contribution in [0.4, 0.5) is 10.5 Å². The highest BCUT2D eigenvalue weighted by molar-refractivity contribution is 6.39. The molecule has 4 rings (SSSR count). The number of imide groups is 2. The van der Waals surface area contributed by atoms with Gasteiger partial charge in [-0.05, 0) is 65.9 Å². The lowest BCUT2D eigenvalue weighted by atomic mass is 10.0. The molecule has 33 heavy (non-hydrogen) atoms. The van der Waals surface area contributed by atoms with Gasteiger partial charge in [0.2, 0.25) is 0 Å². The average molecular weight is 479 g/mol. The Labute approximate surface area is 201 Å². The number of carbonyl (C=O) groups is 3. The zero-order valence-corrected chi connectivity index (χ0v) is 19.5. The van der Waals surface area contributed by atoms with Crippen LogP contribution in [-0.4, -0.2) is 17.8 Å². The Hall–Kier alpha value is -3.41. The topological polar surface area (TPSA) is 66.5 Å². The van der Waals surface area contributed by atoms with Crippen molar-refractivity contribution >= 4 is 52.8 Å². The van der Waals surface area contributed by atoms with Gasteiger partial charge in [0, 0.05) is 16.5 Å². The summed E-state index contributed by atoms with van der Waals surface area (Å²) in [6, 6.07) is 17.5. The molecular weight excluding hydrogens is 459 g/mol. The van der Waals surface area contributed by atoms with E-state index in [1.54, 1.807) is 25.1 Å². The van der Waals surface area contributed by atoms with Crippen molar-refractivity contribution in [3.63, 3.8) is 0 Å². The van der Waals surface area contributed by atoms with Crippen molar-refractivity contribution in [1.82, 2.24) is 5.32 Å². The first-order valence-corrected chi connectivity index (χ1v) is 11.0. The van der Waals surface area contributed by atoms with Crippen molar-refractivity contribution < 1.29 is 14.4 Å². The summed E-state index contributed by atoms with van der Waals surface area (Å²) in [5.74, 6) is -1.43. The fraction of sp³-hybridized carbons (Fsp3) is 0.115. The molecule has 0 bridgehead atoms. The van der Waals surface area contributed by atoms with Crippen LogP contribution in [0.1, 0.15) is 27.8 Å². The van der Waals surface area contributed by atoms with Crippen molar-refractivity contribution in [2.24, 2.45) is 0 Å². The highest BCUT2D eigenvalue weighted by Gasteiger charge is 2.37. The minimum atomic E-state index is -0.774. The molecule has 1 aliphatic heterocycles. The van der Waals surface area contributed by atoms with Crippen LogP contribution >= 0.6 is 23.2 Å². The van der Waals surface area contributed by atoms with Crippen molar-refractivity contribution in [2.75, 3.05) is 4.90 Å². The van der Waals surface area contributed by atoms with E-state index in [0.29, 0.717) is 27.7 Å². The first-order valence-electron chi connectivity index (χ1n) is 10.2. The summed E-state index contributed by atoms with van der Waals surface area (Å²) >= 11 is 12.7. The zero-order valence-electron chi connectivity index (χ0n) is 18.0. The van der Waals surface area contributed by atoms with E-state index in [1.165, 1.54) is 6.08 Å². The van der Waals surface area contributed by atoms with Crippen LogP contribution in [-0.2, 0) is 16.0 Å². The molecule has 0 saturated carbocycles. The third-order valence-electron chi connectivity index (χ3n) is 5.43. The summed E-state index contributed by atoms with van der Waals surface area (Å²) in [4.78, 5) is 39.1. The van der Waals surface area contributed by atoms with E-state index in [-0.39, 0.29) is 5.57 Å². The zero-order chi connectivity index (χ0) is 23.7. The summed E-state index contributed by atoms with van der Waals surface area (Å²) in [6.07, 6.45) is 1.98. The number of amides is 4. The maximum atomic E-state index is 13.2. The molecule has 3 aromatic carbocycles. The van der Waals surface area contributed by atoms with Gasteiger partial charge in [0.1, 0.15) is 5.57 Å². The van der Waals surface area contributed by atoms with Gasteiger partial charge < -0.3 is 0 Å². The van der Waals surface area contributed by atoms with E-state index in [9.17, 15) is 14.4 Å². The van der Waals surface area contributed by atoms with Crippen LogP contribution in [0.25, 0.3) is 6.08 Å². The van der Waals surface area contributed by atoms with Crippen LogP contribution in [0.15, 0.2) is 66.2 Å². The van der Waals surface area contributed by atoms with Crippen LogP contribution in [0.2, 0.25) is 10.0 Å². The van der Waals surface area contributed by atoms with Crippen LogP contribution in [0.5, 0.6) is 0 Å². The Bertz CT molecular complexity index is 1330. The van der Waals surface area contributed by atoms with Crippen molar-refractivity contribution in [3.05, 3.63) is 104 Å². The first kappa shape index (κ1) is 22.8. The highest BCUT2D eigenvalue weighted by Crippen LogP contribution is 2.28. The number of nitrogens with zero attached hydrogens (tertiary/aromatic N) is 1. The normalized spacial score (nSPS) is 15.2. The molecule has 0 radical (unpaired) electrons. The van der Waals surface area contributed by atoms with Crippen molar-refractivity contribution in [2.45, 2.75) is 20.3 Å². The molecule has 0 unspecified atom stereocenters. The van der Waals surface area contributed by atoms with Gasteiger partial charge in [-0.2, -0.15) is 0 Å². The van der Waals surface area contributed by atoms with Gasteiger partial charge >= 0.3 is 6.03 Å². The van der Waals surface area contributed by atoms with Gasteiger partial charge in [-0.3, -0.25) is 14.9 Å². The largest absolute Gasteiger partial charge is 0.335 e. The Kier molecular flexibility index (Phi) is 6.36. The van der Waals surface area contributed by atoms with Gasteiger partial charge in [-0.15, -0.1) is 0 Å². The molecule has 0 aromatic heterocycles. The van der Waals surface area contributed by atoms with Gasteiger partial charge in [0.05, 0.1) is 5.69 Å². The number of hydrogen-bond acceptors (Lipinski definition) is 3.